The van der Waals surface area contributed by atoms with Crippen LogP contribution in [0.25, 0.3) is 11.4 Å². The van der Waals surface area contributed by atoms with Crippen LogP contribution >= 0.6 is 0 Å². The summed E-state index contributed by atoms with van der Waals surface area (Å²) < 4.78 is 18.5. The Morgan fingerprint density at radius 1 is 0.919 bits per heavy atom. The Kier molecular flexibility index (Phi) is 8.26. The van der Waals surface area contributed by atoms with Crippen molar-refractivity contribution in [1.82, 2.24) is 25.3 Å². The number of nitrogens with zero attached hydrogens (tertiary/aromatic N) is 4. The molecule has 1 aromatic heterocycles. The van der Waals surface area contributed by atoms with Crippen molar-refractivity contribution >= 4 is 5.91 Å². The highest BCUT2D eigenvalue weighted by atomic mass is 19.1. The van der Waals surface area contributed by atoms with Gasteiger partial charge >= 0.3 is 0 Å². The number of rotatable bonds is 8. The number of carbonyl (C=O) groups is 1. The number of carbonyl (C=O) groups excluding carboxylic acids is 1. The molecule has 2 fully saturated rings. The second-order valence-electron chi connectivity index (χ2n) is 10.6. The Balaban J connectivity index is 1.03. The minimum Gasteiger partial charge on any atom is -0.352 e. The number of amides is 1. The van der Waals surface area contributed by atoms with Gasteiger partial charge in [0.2, 0.25) is 17.6 Å². The van der Waals surface area contributed by atoms with Gasteiger partial charge in [0.1, 0.15) is 5.82 Å². The lowest BCUT2D eigenvalue weighted by molar-refractivity contribution is -0.126. The zero-order valence-corrected chi connectivity index (χ0v) is 21.5. The Bertz CT molecular complexity index is 1150. The maximum absolute atomic E-state index is 13.1. The first-order valence-electron chi connectivity index (χ1n) is 13.4. The molecule has 0 atom stereocenters. The van der Waals surface area contributed by atoms with Crippen LogP contribution in [0.15, 0.2) is 53.1 Å². The molecule has 3 aromatic rings. The molecule has 2 aliphatic heterocycles. The molecule has 0 spiro atoms. The van der Waals surface area contributed by atoms with Crippen LogP contribution in [-0.4, -0.2) is 52.0 Å². The Hall–Kier alpha value is -3.10. The summed E-state index contributed by atoms with van der Waals surface area (Å²) in [6.45, 7) is 8.43. The highest BCUT2D eigenvalue weighted by molar-refractivity contribution is 5.78. The van der Waals surface area contributed by atoms with Gasteiger partial charge in [0.05, 0.1) is 6.54 Å². The summed E-state index contributed by atoms with van der Waals surface area (Å²) in [7, 11) is 0. The number of hydrogen-bond donors (Lipinski definition) is 1. The van der Waals surface area contributed by atoms with E-state index in [1.54, 1.807) is 12.1 Å². The number of nitrogens with one attached hydrogen (secondary N) is 1. The molecule has 0 bridgehead atoms. The molecule has 37 heavy (non-hydrogen) atoms. The third kappa shape index (κ3) is 7.02. The fraction of sp³-hybridized carbons (Fsp3) is 0.483. The molecule has 8 heteroatoms. The fourth-order valence-electron chi connectivity index (χ4n) is 5.15. The summed E-state index contributed by atoms with van der Waals surface area (Å²) in [4.78, 5) is 22.0. The van der Waals surface area contributed by atoms with Gasteiger partial charge in [-0.15, -0.1) is 0 Å². The summed E-state index contributed by atoms with van der Waals surface area (Å²) >= 11 is 0. The number of halogens is 1. The first-order chi connectivity index (χ1) is 18.0. The van der Waals surface area contributed by atoms with E-state index >= 15 is 0 Å². The van der Waals surface area contributed by atoms with E-state index in [9.17, 15) is 9.18 Å². The van der Waals surface area contributed by atoms with Gasteiger partial charge in [-0.2, -0.15) is 4.98 Å². The van der Waals surface area contributed by atoms with E-state index in [4.69, 9.17) is 4.52 Å². The van der Waals surface area contributed by atoms with Gasteiger partial charge in [0.15, 0.2) is 0 Å². The van der Waals surface area contributed by atoms with Crippen LogP contribution in [0.2, 0.25) is 0 Å². The molecule has 7 nitrogen and oxygen atoms in total. The fourth-order valence-corrected chi connectivity index (χ4v) is 5.15. The molecule has 0 unspecified atom stereocenters. The van der Waals surface area contributed by atoms with Crippen LogP contribution in [0.1, 0.15) is 49.6 Å². The number of benzene rings is 2. The largest absolute Gasteiger partial charge is 0.352 e. The Labute approximate surface area is 218 Å². The number of likely N-dealkylation sites (tertiary alicyclic amines) is 2. The van der Waals surface area contributed by atoms with Crippen molar-refractivity contribution in [2.45, 2.75) is 52.2 Å². The summed E-state index contributed by atoms with van der Waals surface area (Å²) in [5.74, 6) is 1.69. The van der Waals surface area contributed by atoms with E-state index < -0.39 is 0 Å². The van der Waals surface area contributed by atoms with Crippen molar-refractivity contribution in [1.29, 1.82) is 0 Å². The van der Waals surface area contributed by atoms with Crippen molar-refractivity contribution in [2.75, 3.05) is 26.2 Å². The monoisotopic (exact) mass is 505 g/mol. The smallest absolute Gasteiger partial charge is 0.241 e. The minimum atomic E-state index is -0.296. The van der Waals surface area contributed by atoms with Crippen LogP contribution in [0.5, 0.6) is 0 Å². The molecule has 1 amide bonds. The van der Waals surface area contributed by atoms with Gasteiger partial charge in [0.25, 0.3) is 0 Å². The van der Waals surface area contributed by atoms with E-state index in [-0.39, 0.29) is 17.6 Å². The molecule has 0 saturated carbocycles. The average molecular weight is 506 g/mol. The van der Waals surface area contributed by atoms with Gasteiger partial charge in [0, 0.05) is 24.6 Å². The normalized spacial score (nSPS) is 18.2. The van der Waals surface area contributed by atoms with Crippen molar-refractivity contribution in [3.63, 3.8) is 0 Å². The molecule has 2 aliphatic rings. The second-order valence-corrected chi connectivity index (χ2v) is 10.6. The van der Waals surface area contributed by atoms with Crippen molar-refractivity contribution in [2.24, 2.45) is 11.8 Å². The lowest BCUT2D eigenvalue weighted by atomic mass is 9.96. The summed E-state index contributed by atoms with van der Waals surface area (Å²) in [5.41, 5.74) is 3.19. The summed E-state index contributed by atoms with van der Waals surface area (Å²) in [5, 5.41) is 7.14. The summed E-state index contributed by atoms with van der Waals surface area (Å²) in [6, 6.07) is 14.7. The number of hydrogen-bond acceptors (Lipinski definition) is 6. The molecule has 2 saturated heterocycles. The molecule has 0 aliphatic carbocycles. The predicted molar refractivity (Wildman–Crippen MR) is 140 cm³/mol. The first-order valence-corrected chi connectivity index (χ1v) is 13.4. The topological polar surface area (TPSA) is 74.5 Å². The van der Waals surface area contributed by atoms with Crippen molar-refractivity contribution in [3.05, 3.63) is 71.4 Å². The van der Waals surface area contributed by atoms with E-state index in [2.05, 4.69) is 56.4 Å². The van der Waals surface area contributed by atoms with E-state index in [0.29, 0.717) is 24.8 Å². The molecule has 2 aromatic carbocycles. The van der Waals surface area contributed by atoms with Crippen LogP contribution in [0.3, 0.4) is 0 Å². The maximum atomic E-state index is 13.1. The Morgan fingerprint density at radius 3 is 2.24 bits per heavy atom. The van der Waals surface area contributed by atoms with Crippen LogP contribution < -0.4 is 5.32 Å². The summed E-state index contributed by atoms with van der Waals surface area (Å²) in [6.07, 6.45) is 4.19. The zero-order valence-electron chi connectivity index (χ0n) is 21.5. The lowest BCUT2D eigenvalue weighted by Crippen LogP contribution is -2.40. The molecule has 5 rings (SSSR count). The number of aromatic nitrogens is 2. The molecule has 3 heterocycles. The SMILES string of the molecule is CC1CCN(Cc2ccc(CNC(=O)C3CCN(Cc4nc(-c5ccc(F)cc5)no4)CC3)cc2)CC1. The predicted octanol–water partition coefficient (Wildman–Crippen LogP) is 4.64. The van der Waals surface area contributed by atoms with E-state index in [1.807, 2.05) is 0 Å². The third-order valence-electron chi connectivity index (χ3n) is 7.66. The maximum Gasteiger partial charge on any atom is 0.241 e. The lowest BCUT2D eigenvalue weighted by Gasteiger charge is -2.30. The van der Waals surface area contributed by atoms with Crippen LogP contribution in [0.4, 0.5) is 4.39 Å². The second kappa shape index (κ2) is 12.0. The third-order valence-corrected chi connectivity index (χ3v) is 7.66. The van der Waals surface area contributed by atoms with Gasteiger partial charge < -0.3 is 9.84 Å². The quantitative estimate of drug-likeness (QED) is 0.481. The van der Waals surface area contributed by atoms with Gasteiger partial charge in [-0.1, -0.05) is 36.3 Å². The molecule has 0 radical (unpaired) electrons. The van der Waals surface area contributed by atoms with Crippen molar-refractivity contribution in [3.8, 4) is 11.4 Å². The Morgan fingerprint density at radius 2 is 1.54 bits per heavy atom. The number of piperidine rings is 2. The molecular weight excluding hydrogens is 469 g/mol. The first kappa shape index (κ1) is 25.5. The van der Waals surface area contributed by atoms with Gasteiger partial charge in [-0.05, 0) is 93.2 Å². The zero-order chi connectivity index (χ0) is 25.6. The van der Waals surface area contributed by atoms with Crippen molar-refractivity contribution < 1.29 is 13.7 Å². The molecule has 196 valence electrons. The van der Waals surface area contributed by atoms with Crippen LogP contribution in [0, 0.1) is 17.7 Å². The van der Waals surface area contributed by atoms with E-state index in [1.165, 1.54) is 43.6 Å². The van der Waals surface area contributed by atoms with Crippen LogP contribution in [-0.2, 0) is 24.4 Å². The van der Waals surface area contributed by atoms with E-state index in [0.717, 1.165) is 49.5 Å². The highest BCUT2D eigenvalue weighted by Crippen LogP contribution is 2.22. The highest BCUT2D eigenvalue weighted by Gasteiger charge is 2.26. The average Bonchev–Trinajstić information content (AvgIpc) is 3.38. The molecular formula is C29H36FN5O2. The minimum absolute atomic E-state index is 0.0227. The molecule has 1 N–H and O–H groups in total. The standard InChI is InChI=1S/C29H36FN5O2/c1-21-10-14-34(15-11-21)19-23-4-2-22(3-5-23)18-31-29(36)25-12-16-35(17-13-25)20-27-32-28(33-37-27)24-6-8-26(30)9-7-24/h2-9,21,25H,10-20H2,1H3,(H,31,36). The van der Waals surface area contributed by atoms with Gasteiger partial charge in [-0.3, -0.25) is 14.6 Å². The van der Waals surface area contributed by atoms with Gasteiger partial charge in [-0.25, -0.2) is 4.39 Å².